The van der Waals surface area contributed by atoms with Gasteiger partial charge in [0.25, 0.3) is 0 Å². The smallest absolute Gasteiger partial charge is 0.308 e. The Bertz CT molecular complexity index is 419. The lowest BCUT2D eigenvalue weighted by atomic mass is 9.89. The minimum atomic E-state index is -0.732. The molecule has 0 amide bonds. The number of nitrogens with one attached hydrogen (secondary N) is 1. The van der Waals surface area contributed by atoms with Crippen molar-refractivity contribution in [2.45, 2.75) is 19.3 Å². The number of hydrogen-bond donors (Lipinski definition) is 2. The van der Waals surface area contributed by atoms with E-state index in [1.165, 1.54) is 0 Å². The lowest BCUT2D eigenvalue weighted by Crippen LogP contribution is -2.21. The lowest BCUT2D eigenvalue weighted by molar-refractivity contribution is -0.141. The van der Waals surface area contributed by atoms with Crippen LogP contribution in [0.15, 0.2) is 24.3 Å². The van der Waals surface area contributed by atoms with Gasteiger partial charge in [0.05, 0.1) is 12.5 Å². The fraction of sp³-hybridized carbons (Fsp3) is 0.500. The van der Waals surface area contributed by atoms with Crippen molar-refractivity contribution in [2.75, 3.05) is 19.7 Å². The number of hydrogen-bond acceptors (Lipinski definition) is 3. The molecule has 4 nitrogen and oxygen atoms in total. The number of ether oxygens (including phenoxy) is 1. The SMILES string of the molecule is CCCOc1cccc(C2CNCC2C(=O)O)c1. The van der Waals surface area contributed by atoms with Crippen LogP contribution in [0, 0.1) is 5.92 Å². The summed E-state index contributed by atoms with van der Waals surface area (Å²) in [7, 11) is 0. The highest BCUT2D eigenvalue weighted by Crippen LogP contribution is 2.30. The van der Waals surface area contributed by atoms with Crippen LogP contribution in [0.4, 0.5) is 0 Å². The Morgan fingerprint density at radius 2 is 2.33 bits per heavy atom. The van der Waals surface area contributed by atoms with Crippen LogP contribution < -0.4 is 10.1 Å². The summed E-state index contributed by atoms with van der Waals surface area (Å²) in [6, 6.07) is 7.78. The maximum absolute atomic E-state index is 11.2. The summed E-state index contributed by atoms with van der Waals surface area (Å²) < 4.78 is 5.58. The van der Waals surface area contributed by atoms with E-state index in [2.05, 4.69) is 12.2 Å². The summed E-state index contributed by atoms with van der Waals surface area (Å²) in [5, 5.41) is 12.3. The molecule has 2 atom stereocenters. The molecule has 4 heteroatoms. The highest BCUT2D eigenvalue weighted by Gasteiger charge is 2.33. The molecule has 0 saturated carbocycles. The van der Waals surface area contributed by atoms with Gasteiger partial charge in [0, 0.05) is 19.0 Å². The predicted molar refractivity (Wildman–Crippen MR) is 69.0 cm³/mol. The standard InChI is InChI=1S/C14H19NO3/c1-2-6-18-11-5-3-4-10(7-11)12-8-15-9-13(12)14(16)17/h3-5,7,12-13,15H,2,6,8-9H2,1H3,(H,16,17). The molecule has 0 aliphatic carbocycles. The van der Waals surface area contributed by atoms with E-state index in [1.54, 1.807) is 0 Å². The molecular formula is C14H19NO3. The molecule has 2 unspecified atom stereocenters. The first-order chi connectivity index (χ1) is 8.72. The summed E-state index contributed by atoms with van der Waals surface area (Å²) in [6.45, 7) is 4.01. The van der Waals surface area contributed by atoms with Gasteiger partial charge < -0.3 is 15.2 Å². The lowest BCUT2D eigenvalue weighted by Gasteiger charge is -2.16. The zero-order valence-electron chi connectivity index (χ0n) is 10.6. The molecule has 0 radical (unpaired) electrons. The molecule has 1 aromatic rings. The molecule has 0 aromatic heterocycles. The maximum Gasteiger partial charge on any atom is 0.308 e. The normalized spacial score (nSPS) is 22.9. The van der Waals surface area contributed by atoms with Crippen molar-refractivity contribution in [1.29, 1.82) is 0 Å². The van der Waals surface area contributed by atoms with Crippen molar-refractivity contribution < 1.29 is 14.6 Å². The topological polar surface area (TPSA) is 58.6 Å². The van der Waals surface area contributed by atoms with E-state index >= 15 is 0 Å². The van der Waals surface area contributed by atoms with Crippen LogP contribution >= 0.6 is 0 Å². The Morgan fingerprint density at radius 1 is 1.50 bits per heavy atom. The molecule has 98 valence electrons. The fourth-order valence-electron chi connectivity index (χ4n) is 2.34. The summed E-state index contributed by atoms with van der Waals surface area (Å²) in [6.07, 6.45) is 0.965. The third-order valence-corrected chi connectivity index (χ3v) is 3.29. The summed E-state index contributed by atoms with van der Waals surface area (Å²) in [4.78, 5) is 11.2. The number of aliphatic carboxylic acids is 1. The molecule has 1 aromatic carbocycles. The number of carboxylic acid groups (broad SMARTS) is 1. The second kappa shape index (κ2) is 5.87. The van der Waals surface area contributed by atoms with E-state index in [-0.39, 0.29) is 11.8 Å². The van der Waals surface area contributed by atoms with Crippen LogP contribution in [-0.4, -0.2) is 30.8 Å². The minimum absolute atomic E-state index is 0.0349. The Hall–Kier alpha value is -1.55. The van der Waals surface area contributed by atoms with Crippen molar-refractivity contribution in [2.24, 2.45) is 5.92 Å². The predicted octanol–water partition coefficient (Wildman–Crippen LogP) is 1.86. The van der Waals surface area contributed by atoms with Crippen molar-refractivity contribution in [3.05, 3.63) is 29.8 Å². The van der Waals surface area contributed by atoms with Gasteiger partial charge >= 0.3 is 5.97 Å². The molecule has 0 spiro atoms. The van der Waals surface area contributed by atoms with E-state index in [1.807, 2.05) is 24.3 Å². The molecule has 2 N–H and O–H groups in total. The second-order valence-corrected chi connectivity index (χ2v) is 4.63. The first-order valence-corrected chi connectivity index (χ1v) is 6.38. The molecule has 1 fully saturated rings. The van der Waals surface area contributed by atoms with Gasteiger partial charge in [-0.2, -0.15) is 0 Å². The van der Waals surface area contributed by atoms with Crippen LogP contribution in [0.3, 0.4) is 0 Å². The van der Waals surface area contributed by atoms with E-state index in [0.29, 0.717) is 19.7 Å². The quantitative estimate of drug-likeness (QED) is 0.836. The van der Waals surface area contributed by atoms with Gasteiger partial charge in [0.1, 0.15) is 5.75 Å². The average Bonchev–Trinajstić information content (AvgIpc) is 2.86. The third-order valence-electron chi connectivity index (χ3n) is 3.29. The second-order valence-electron chi connectivity index (χ2n) is 4.63. The van der Waals surface area contributed by atoms with Crippen molar-refractivity contribution in [3.8, 4) is 5.75 Å². The molecule has 1 aliphatic heterocycles. The Balaban J connectivity index is 2.14. The summed E-state index contributed by atoms with van der Waals surface area (Å²) in [5.41, 5.74) is 1.04. The van der Waals surface area contributed by atoms with Crippen LogP contribution in [0.5, 0.6) is 5.75 Å². The van der Waals surface area contributed by atoms with E-state index in [0.717, 1.165) is 17.7 Å². The van der Waals surface area contributed by atoms with Crippen molar-refractivity contribution in [1.82, 2.24) is 5.32 Å². The van der Waals surface area contributed by atoms with Gasteiger partial charge in [-0.05, 0) is 24.1 Å². The Morgan fingerprint density at radius 3 is 3.06 bits per heavy atom. The average molecular weight is 249 g/mol. The molecule has 1 aliphatic rings. The molecule has 0 bridgehead atoms. The third kappa shape index (κ3) is 2.82. The molecular weight excluding hydrogens is 230 g/mol. The number of carbonyl (C=O) groups is 1. The van der Waals surface area contributed by atoms with Gasteiger partial charge in [0.15, 0.2) is 0 Å². The number of benzene rings is 1. The van der Waals surface area contributed by atoms with Crippen LogP contribution in [0.1, 0.15) is 24.8 Å². The first-order valence-electron chi connectivity index (χ1n) is 6.38. The van der Waals surface area contributed by atoms with Gasteiger partial charge in [-0.25, -0.2) is 0 Å². The van der Waals surface area contributed by atoms with E-state index < -0.39 is 5.97 Å². The Kier molecular flexibility index (Phi) is 4.20. The zero-order valence-corrected chi connectivity index (χ0v) is 10.6. The molecule has 1 heterocycles. The molecule has 1 saturated heterocycles. The van der Waals surface area contributed by atoms with E-state index in [9.17, 15) is 9.90 Å². The van der Waals surface area contributed by atoms with Crippen LogP contribution in [-0.2, 0) is 4.79 Å². The highest BCUT2D eigenvalue weighted by atomic mass is 16.5. The van der Waals surface area contributed by atoms with Gasteiger partial charge in [-0.1, -0.05) is 19.1 Å². The fourth-order valence-corrected chi connectivity index (χ4v) is 2.34. The van der Waals surface area contributed by atoms with Gasteiger partial charge in [-0.15, -0.1) is 0 Å². The van der Waals surface area contributed by atoms with Gasteiger partial charge in [0.2, 0.25) is 0 Å². The summed E-state index contributed by atoms with van der Waals surface area (Å²) in [5.74, 6) is -0.214. The number of carboxylic acids is 1. The van der Waals surface area contributed by atoms with Gasteiger partial charge in [-0.3, -0.25) is 4.79 Å². The van der Waals surface area contributed by atoms with Crippen LogP contribution in [0.2, 0.25) is 0 Å². The van der Waals surface area contributed by atoms with Crippen molar-refractivity contribution in [3.63, 3.8) is 0 Å². The monoisotopic (exact) mass is 249 g/mol. The first kappa shape index (κ1) is 12.9. The van der Waals surface area contributed by atoms with E-state index in [4.69, 9.17) is 4.74 Å². The highest BCUT2D eigenvalue weighted by molar-refractivity contribution is 5.72. The minimum Gasteiger partial charge on any atom is -0.494 e. The maximum atomic E-state index is 11.2. The summed E-state index contributed by atoms with van der Waals surface area (Å²) >= 11 is 0. The molecule has 18 heavy (non-hydrogen) atoms. The van der Waals surface area contributed by atoms with Crippen molar-refractivity contribution >= 4 is 5.97 Å². The number of rotatable bonds is 5. The largest absolute Gasteiger partial charge is 0.494 e. The zero-order chi connectivity index (χ0) is 13.0. The Labute approximate surface area is 107 Å². The van der Waals surface area contributed by atoms with Crippen LogP contribution in [0.25, 0.3) is 0 Å². The molecule has 2 rings (SSSR count).